The van der Waals surface area contributed by atoms with Crippen molar-refractivity contribution in [2.75, 3.05) is 17.7 Å². The molecular formula is C15H15N3O3S. The second-order valence-electron chi connectivity index (χ2n) is 5.09. The topological polar surface area (TPSA) is 98.7 Å². The van der Waals surface area contributed by atoms with Gasteiger partial charge in [-0.05, 0) is 24.6 Å². The zero-order valence-corrected chi connectivity index (χ0v) is 12.9. The molecule has 1 aliphatic rings. The molecule has 0 aliphatic carbocycles. The Hall–Kier alpha value is -2.54. The molecule has 2 amide bonds. The predicted molar refractivity (Wildman–Crippen MR) is 86.2 cm³/mol. The SMILES string of the molecule is CC1Oc2ccc(-c3csc(N)c3C(N)=O)cc2N(C)C1=O. The zero-order chi connectivity index (χ0) is 16.0. The Bertz CT molecular complexity index is 784. The van der Waals surface area contributed by atoms with Gasteiger partial charge in [0.25, 0.3) is 11.8 Å². The number of nitrogen functional groups attached to an aromatic ring is 1. The number of amides is 2. The van der Waals surface area contributed by atoms with Crippen LogP contribution in [0.1, 0.15) is 17.3 Å². The van der Waals surface area contributed by atoms with Crippen LogP contribution in [0.5, 0.6) is 5.75 Å². The number of hydrogen-bond donors (Lipinski definition) is 2. The summed E-state index contributed by atoms with van der Waals surface area (Å²) >= 11 is 1.26. The van der Waals surface area contributed by atoms with E-state index in [2.05, 4.69) is 0 Å². The molecule has 6 nitrogen and oxygen atoms in total. The van der Waals surface area contributed by atoms with Crippen molar-refractivity contribution >= 4 is 33.8 Å². The maximum atomic E-state index is 12.0. The Balaban J connectivity index is 2.12. The Morgan fingerprint density at radius 2 is 2.14 bits per heavy atom. The first kappa shape index (κ1) is 14.4. The second kappa shape index (κ2) is 5.03. The molecule has 1 aliphatic heterocycles. The lowest BCUT2D eigenvalue weighted by molar-refractivity contribution is -0.125. The number of anilines is 2. The summed E-state index contributed by atoms with van der Waals surface area (Å²) in [6, 6.07) is 5.40. The molecular weight excluding hydrogens is 302 g/mol. The first-order valence-corrected chi connectivity index (χ1v) is 7.53. The third-order valence-corrected chi connectivity index (χ3v) is 4.49. The van der Waals surface area contributed by atoms with Crippen LogP contribution in [0, 0.1) is 0 Å². The fourth-order valence-electron chi connectivity index (χ4n) is 2.52. The van der Waals surface area contributed by atoms with Crippen molar-refractivity contribution in [1.82, 2.24) is 0 Å². The summed E-state index contributed by atoms with van der Waals surface area (Å²) in [4.78, 5) is 25.2. The summed E-state index contributed by atoms with van der Waals surface area (Å²) in [5.41, 5.74) is 13.6. The molecule has 7 heteroatoms. The van der Waals surface area contributed by atoms with Crippen LogP contribution in [0.2, 0.25) is 0 Å². The Kier molecular flexibility index (Phi) is 3.29. The number of carbonyl (C=O) groups is 2. The highest BCUT2D eigenvalue weighted by molar-refractivity contribution is 7.15. The molecule has 1 aromatic heterocycles. The fraction of sp³-hybridized carbons (Fsp3) is 0.200. The molecule has 1 atom stereocenters. The summed E-state index contributed by atoms with van der Waals surface area (Å²) in [6.07, 6.45) is -0.513. The van der Waals surface area contributed by atoms with Gasteiger partial charge in [0.05, 0.1) is 16.3 Å². The van der Waals surface area contributed by atoms with Crippen LogP contribution >= 0.6 is 11.3 Å². The minimum Gasteiger partial charge on any atom is -0.479 e. The van der Waals surface area contributed by atoms with Gasteiger partial charge in [-0.2, -0.15) is 0 Å². The quantitative estimate of drug-likeness (QED) is 0.883. The molecule has 2 heterocycles. The van der Waals surface area contributed by atoms with Gasteiger partial charge in [-0.25, -0.2) is 0 Å². The number of likely N-dealkylation sites (N-methyl/N-ethyl adjacent to an activating group) is 1. The monoisotopic (exact) mass is 317 g/mol. The summed E-state index contributed by atoms with van der Waals surface area (Å²) < 4.78 is 5.58. The van der Waals surface area contributed by atoms with Crippen LogP contribution in [0.25, 0.3) is 11.1 Å². The fourth-order valence-corrected chi connectivity index (χ4v) is 3.35. The van der Waals surface area contributed by atoms with E-state index in [-0.39, 0.29) is 5.91 Å². The van der Waals surface area contributed by atoms with Gasteiger partial charge in [0, 0.05) is 18.0 Å². The minimum atomic E-state index is -0.569. The summed E-state index contributed by atoms with van der Waals surface area (Å²) in [7, 11) is 1.70. The Morgan fingerprint density at radius 1 is 1.41 bits per heavy atom. The lowest BCUT2D eigenvalue weighted by atomic mass is 10.0. The van der Waals surface area contributed by atoms with Crippen molar-refractivity contribution in [2.24, 2.45) is 5.73 Å². The average molecular weight is 317 g/mol. The largest absolute Gasteiger partial charge is 0.479 e. The molecule has 3 rings (SSSR count). The highest BCUT2D eigenvalue weighted by Crippen LogP contribution is 2.40. The lowest BCUT2D eigenvalue weighted by Gasteiger charge is -2.30. The number of benzene rings is 1. The Morgan fingerprint density at radius 3 is 2.82 bits per heavy atom. The molecule has 0 bridgehead atoms. The maximum Gasteiger partial charge on any atom is 0.267 e. The second-order valence-corrected chi connectivity index (χ2v) is 6.00. The van der Waals surface area contributed by atoms with Crippen molar-refractivity contribution in [3.05, 3.63) is 29.1 Å². The van der Waals surface area contributed by atoms with Gasteiger partial charge in [-0.3, -0.25) is 9.59 Å². The zero-order valence-electron chi connectivity index (χ0n) is 12.1. The van der Waals surface area contributed by atoms with E-state index in [1.165, 1.54) is 11.3 Å². The number of nitrogens with zero attached hydrogens (tertiary/aromatic N) is 1. The maximum absolute atomic E-state index is 12.0. The number of rotatable bonds is 2. The third-order valence-electron chi connectivity index (χ3n) is 3.68. The molecule has 0 saturated heterocycles. The highest BCUT2D eigenvalue weighted by Gasteiger charge is 2.29. The van der Waals surface area contributed by atoms with Crippen LogP contribution in [0.15, 0.2) is 23.6 Å². The summed E-state index contributed by atoms with van der Waals surface area (Å²) in [5, 5.41) is 2.17. The highest BCUT2D eigenvalue weighted by atomic mass is 32.1. The van der Waals surface area contributed by atoms with E-state index in [0.717, 1.165) is 5.56 Å². The normalized spacial score (nSPS) is 17.1. The molecule has 114 valence electrons. The molecule has 1 aromatic carbocycles. The molecule has 4 N–H and O–H groups in total. The first-order valence-electron chi connectivity index (χ1n) is 6.65. The van der Waals surface area contributed by atoms with Gasteiger partial charge in [0.1, 0.15) is 5.75 Å². The van der Waals surface area contributed by atoms with E-state index in [1.54, 1.807) is 36.4 Å². The molecule has 0 fully saturated rings. The number of fused-ring (bicyclic) bond motifs is 1. The van der Waals surface area contributed by atoms with Crippen molar-refractivity contribution in [3.63, 3.8) is 0 Å². The van der Waals surface area contributed by atoms with Crippen LogP contribution in [0.3, 0.4) is 0 Å². The molecule has 1 unspecified atom stereocenters. The van der Waals surface area contributed by atoms with E-state index in [1.807, 2.05) is 6.07 Å². The summed E-state index contributed by atoms with van der Waals surface area (Å²) in [6.45, 7) is 1.71. The van der Waals surface area contributed by atoms with Crippen LogP contribution in [-0.4, -0.2) is 25.0 Å². The van der Waals surface area contributed by atoms with Gasteiger partial charge in [0.2, 0.25) is 0 Å². The molecule has 0 saturated carbocycles. The van der Waals surface area contributed by atoms with Gasteiger partial charge in [-0.1, -0.05) is 6.07 Å². The van der Waals surface area contributed by atoms with Gasteiger partial charge < -0.3 is 21.1 Å². The van der Waals surface area contributed by atoms with Crippen molar-refractivity contribution in [3.8, 4) is 16.9 Å². The Labute approximate surface area is 131 Å². The standard InChI is InChI=1S/C15H15N3O3S/c1-7-15(20)18(2)10-5-8(3-4-11(10)21-7)9-6-22-14(17)12(9)13(16)19/h3-7H,17H2,1-2H3,(H2,16,19). The molecule has 2 aromatic rings. The first-order chi connectivity index (χ1) is 10.4. The smallest absolute Gasteiger partial charge is 0.267 e. The number of ether oxygens (including phenoxy) is 1. The average Bonchev–Trinajstić information content (AvgIpc) is 2.86. The molecule has 0 spiro atoms. The molecule has 0 radical (unpaired) electrons. The third kappa shape index (κ3) is 2.10. The van der Waals surface area contributed by atoms with Gasteiger partial charge >= 0.3 is 0 Å². The van der Waals surface area contributed by atoms with E-state index < -0.39 is 12.0 Å². The van der Waals surface area contributed by atoms with E-state index in [4.69, 9.17) is 16.2 Å². The van der Waals surface area contributed by atoms with Crippen LogP contribution in [0.4, 0.5) is 10.7 Å². The number of thiophene rings is 1. The number of nitrogens with two attached hydrogens (primary N) is 2. The van der Waals surface area contributed by atoms with Crippen LogP contribution in [-0.2, 0) is 4.79 Å². The number of hydrogen-bond acceptors (Lipinski definition) is 5. The number of primary amides is 1. The number of carbonyl (C=O) groups excluding carboxylic acids is 2. The van der Waals surface area contributed by atoms with Crippen molar-refractivity contribution in [1.29, 1.82) is 0 Å². The minimum absolute atomic E-state index is 0.121. The van der Waals surface area contributed by atoms with Crippen LogP contribution < -0.4 is 21.1 Å². The van der Waals surface area contributed by atoms with E-state index >= 15 is 0 Å². The van der Waals surface area contributed by atoms with Crippen molar-refractivity contribution < 1.29 is 14.3 Å². The summed E-state index contributed by atoms with van der Waals surface area (Å²) in [5.74, 6) is -0.0624. The van der Waals surface area contributed by atoms with E-state index in [9.17, 15) is 9.59 Å². The molecule has 22 heavy (non-hydrogen) atoms. The lowest BCUT2D eigenvalue weighted by Crippen LogP contribution is -2.41. The van der Waals surface area contributed by atoms with Crippen molar-refractivity contribution in [2.45, 2.75) is 13.0 Å². The van der Waals surface area contributed by atoms with Gasteiger partial charge in [0.15, 0.2) is 6.10 Å². The van der Waals surface area contributed by atoms with E-state index in [0.29, 0.717) is 27.6 Å². The van der Waals surface area contributed by atoms with Gasteiger partial charge in [-0.15, -0.1) is 11.3 Å². The predicted octanol–water partition coefficient (Wildman–Crippen LogP) is 1.84.